The van der Waals surface area contributed by atoms with Gasteiger partial charge in [-0.15, -0.1) is 0 Å². The number of rotatable bonds is 0. The second kappa shape index (κ2) is 2.61. The van der Waals surface area contributed by atoms with E-state index >= 15 is 0 Å². The van der Waals surface area contributed by atoms with Crippen LogP contribution in [0.15, 0.2) is 45.8 Å². The molecule has 0 saturated carbocycles. The van der Waals surface area contributed by atoms with Gasteiger partial charge in [0.05, 0.1) is 10.8 Å². The molecule has 0 N–H and O–H groups in total. The van der Waals surface area contributed by atoms with Crippen LogP contribution in [0.2, 0.25) is 0 Å². The highest BCUT2D eigenvalue weighted by atomic mass is 16.5. The van der Waals surface area contributed by atoms with Crippen molar-refractivity contribution < 1.29 is 9.05 Å². The van der Waals surface area contributed by atoms with Crippen molar-refractivity contribution >= 4 is 32.6 Å². The summed E-state index contributed by atoms with van der Waals surface area (Å²) in [7, 11) is 0. The van der Waals surface area contributed by atoms with Crippen molar-refractivity contribution in [1.29, 1.82) is 0 Å². The van der Waals surface area contributed by atoms with Gasteiger partial charge >= 0.3 is 0 Å². The number of hydrogen-bond acceptors (Lipinski definition) is 4. The minimum absolute atomic E-state index is 0.752. The molecule has 0 amide bonds. The van der Waals surface area contributed by atoms with Gasteiger partial charge in [-0.25, -0.2) is 0 Å². The predicted octanol–water partition coefficient (Wildman–Crippen LogP) is 3.12. The Kier molecular flexibility index (Phi) is 1.28. The summed E-state index contributed by atoms with van der Waals surface area (Å²) in [5, 5.41) is 12.1. The normalized spacial score (nSPS) is 11.8. The van der Waals surface area contributed by atoms with Crippen molar-refractivity contribution in [3.63, 3.8) is 0 Å². The molecule has 0 radical (unpaired) electrons. The average Bonchev–Trinajstić information content (AvgIpc) is 2.98. The zero-order valence-corrected chi connectivity index (χ0v) is 8.18. The molecule has 4 heteroatoms. The Labute approximate surface area is 89.4 Å². The van der Waals surface area contributed by atoms with Gasteiger partial charge in [-0.05, 0) is 10.8 Å². The Balaban J connectivity index is 2.51. The molecule has 4 nitrogen and oxygen atoms in total. The Hall–Kier alpha value is -2.36. The lowest BCUT2D eigenvalue weighted by Gasteiger charge is -1.98. The van der Waals surface area contributed by atoms with Gasteiger partial charge in [0.1, 0.15) is 23.6 Å². The first-order valence-electron chi connectivity index (χ1n) is 4.94. The first kappa shape index (κ1) is 7.87. The van der Waals surface area contributed by atoms with Gasteiger partial charge in [-0.1, -0.05) is 34.6 Å². The maximum absolute atomic E-state index is 5.02. The molecule has 0 aliphatic carbocycles. The van der Waals surface area contributed by atoms with Crippen LogP contribution in [0.4, 0.5) is 0 Å². The van der Waals surface area contributed by atoms with E-state index in [4.69, 9.17) is 9.05 Å². The highest BCUT2D eigenvalue weighted by molar-refractivity contribution is 6.22. The molecule has 4 rings (SSSR count). The van der Waals surface area contributed by atoms with Gasteiger partial charge in [0, 0.05) is 0 Å². The third-order valence-electron chi connectivity index (χ3n) is 2.87. The second-order valence-corrected chi connectivity index (χ2v) is 3.70. The molecule has 2 heterocycles. The van der Waals surface area contributed by atoms with Gasteiger partial charge in [0.15, 0.2) is 0 Å². The third kappa shape index (κ3) is 0.798. The number of fused-ring (bicyclic) bond motifs is 6. The fourth-order valence-electron chi connectivity index (χ4n) is 2.15. The first-order valence-corrected chi connectivity index (χ1v) is 4.94. The van der Waals surface area contributed by atoms with E-state index in [1.54, 1.807) is 12.5 Å². The summed E-state index contributed by atoms with van der Waals surface area (Å²) < 4.78 is 10.0. The second-order valence-electron chi connectivity index (χ2n) is 3.70. The lowest BCUT2D eigenvalue weighted by molar-refractivity contribution is 0.423. The number of nitrogens with zero attached hydrogens (tertiary/aromatic N) is 2. The van der Waals surface area contributed by atoms with Crippen molar-refractivity contribution in [1.82, 2.24) is 10.3 Å². The van der Waals surface area contributed by atoms with Crippen LogP contribution in [0.3, 0.4) is 0 Å². The lowest BCUT2D eigenvalue weighted by Crippen LogP contribution is -1.78. The van der Waals surface area contributed by atoms with Crippen LogP contribution in [0.5, 0.6) is 0 Å². The molecule has 2 aromatic carbocycles. The van der Waals surface area contributed by atoms with Crippen LogP contribution in [-0.2, 0) is 0 Å². The fraction of sp³-hybridized carbons (Fsp3) is 0. The quantitative estimate of drug-likeness (QED) is 0.447. The molecule has 0 unspecified atom stereocenters. The standard InChI is InChI=1S/C12H6N2O2/c1-2-4-8-7(3-1)9-5-15-13-11(9)12-10(8)6-16-14-12/h1-6H. The number of hydrogen-bond donors (Lipinski definition) is 0. The van der Waals surface area contributed by atoms with E-state index < -0.39 is 0 Å². The molecule has 76 valence electrons. The molecule has 0 spiro atoms. The van der Waals surface area contributed by atoms with E-state index in [2.05, 4.69) is 10.3 Å². The van der Waals surface area contributed by atoms with Crippen molar-refractivity contribution in [2.24, 2.45) is 0 Å². The van der Waals surface area contributed by atoms with Crippen LogP contribution in [0.1, 0.15) is 0 Å². The Bertz CT molecular complexity index is 744. The smallest absolute Gasteiger partial charge is 0.144 e. The van der Waals surface area contributed by atoms with Gasteiger partial charge < -0.3 is 9.05 Å². The molecule has 0 aliphatic heterocycles. The van der Waals surface area contributed by atoms with Crippen LogP contribution in [0, 0.1) is 0 Å². The minimum Gasteiger partial charge on any atom is -0.363 e. The zero-order valence-electron chi connectivity index (χ0n) is 8.18. The minimum atomic E-state index is 0.752. The molecule has 0 saturated heterocycles. The van der Waals surface area contributed by atoms with E-state index in [9.17, 15) is 0 Å². The van der Waals surface area contributed by atoms with Crippen LogP contribution in [0.25, 0.3) is 32.6 Å². The average molecular weight is 210 g/mol. The van der Waals surface area contributed by atoms with E-state index in [1.807, 2.05) is 24.3 Å². The highest BCUT2D eigenvalue weighted by Crippen LogP contribution is 2.33. The maximum atomic E-state index is 5.02. The zero-order chi connectivity index (χ0) is 10.5. The molecular formula is C12H6N2O2. The van der Waals surface area contributed by atoms with E-state index in [-0.39, 0.29) is 0 Å². The van der Waals surface area contributed by atoms with Gasteiger partial charge in [-0.2, -0.15) is 0 Å². The Morgan fingerprint density at radius 2 is 1.19 bits per heavy atom. The Morgan fingerprint density at radius 1 is 0.688 bits per heavy atom. The summed E-state index contributed by atoms with van der Waals surface area (Å²) in [5.74, 6) is 0. The van der Waals surface area contributed by atoms with Gasteiger partial charge in [0.2, 0.25) is 0 Å². The van der Waals surface area contributed by atoms with Crippen molar-refractivity contribution in [3.8, 4) is 0 Å². The molecular weight excluding hydrogens is 204 g/mol. The summed E-state index contributed by atoms with van der Waals surface area (Å²) in [5.41, 5.74) is 1.50. The van der Waals surface area contributed by atoms with Gasteiger partial charge in [0.25, 0.3) is 0 Å². The van der Waals surface area contributed by atoms with E-state index in [0.29, 0.717) is 0 Å². The van der Waals surface area contributed by atoms with Crippen LogP contribution in [-0.4, -0.2) is 10.3 Å². The summed E-state index contributed by atoms with van der Waals surface area (Å²) in [6.07, 6.45) is 3.29. The van der Waals surface area contributed by atoms with Gasteiger partial charge in [-0.3, -0.25) is 0 Å². The molecule has 0 aliphatic rings. The summed E-state index contributed by atoms with van der Waals surface area (Å²) >= 11 is 0. The largest absolute Gasteiger partial charge is 0.363 e. The molecule has 4 aromatic rings. The summed E-state index contributed by atoms with van der Waals surface area (Å²) in [4.78, 5) is 0. The van der Waals surface area contributed by atoms with E-state index in [0.717, 1.165) is 32.6 Å². The lowest BCUT2D eigenvalue weighted by atomic mass is 10.0. The van der Waals surface area contributed by atoms with Crippen LogP contribution >= 0.6 is 0 Å². The van der Waals surface area contributed by atoms with Crippen molar-refractivity contribution in [3.05, 3.63) is 36.8 Å². The fourth-order valence-corrected chi connectivity index (χ4v) is 2.15. The summed E-state index contributed by atoms with van der Waals surface area (Å²) in [6.45, 7) is 0. The third-order valence-corrected chi connectivity index (χ3v) is 2.87. The monoisotopic (exact) mass is 210 g/mol. The molecule has 2 aromatic heterocycles. The van der Waals surface area contributed by atoms with Crippen molar-refractivity contribution in [2.45, 2.75) is 0 Å². The predicted molar refractivity (Wildman–Crippen MR) is 59.1 cm³/mol. The van der Waals surface area contributed by atoms with Crippen LogP contribution < -0.4 is 0 Å². The maximum Gasteiger partial charge on any atom is 0.144 e. The SMILES string of the molecule is c1ccc2c(c1)c1conc1c1nocc21. The number of aromatic nitrogens is 2. The molecule has 0 atom stereocenters. The highest BCUT2D eigenvalue weighted by Gasteiger charge is 2.13. The topological polar surface area (TPSA) is 52.1 Å². The Morgan fingerprint density at radius 3 is 1.69 bits per heavy atom. The first-order chi connectivity index (χ1) is 7.95. The molecule has 16 heavy (non-hydrogen) atoms. The molecule has 0 fully saturated rings. The number of benzene rings is 2. The van der Waals surface area contributed by atoms with E-state index in [1.165, 1.54) is 0 Å². The van der Waals surface area contributed by atoms with Crippen molar-refractivity contribution in [2.75, 3.05) is 0 Å². The molecule has 0 bridgehead atoms. The summed E-state index contributed by atoms with van der Waals surface area (Å²) in [6, 6.07) is 8.07.